The number of hydrazine groups is 1. The minimum Gasteiger partial charge on any atom is -0.395 e. The van der Waals surface area contributed by atoms with E-state index in [0.29, 0.717) is 19.0 Å². The van der Waals surface area contributed by atoms with Crippen molar-refractivity contribution in [1.29, 1.82) is 0 Å². The summed E-state index contributed by atoms with van der Waals surface area (Å²) >= 11 is 0. The van der Waals surface area contributed by atoms with Gasteiger partial charge in [0.1, 0.15) is 0 Å². The molecule has 0 radical (unpaired) electrons. The van der Waals surface area contributed by atoms with Crippen molar-refractivity contribution in [2.45, 2.75) is 32.7 Å². The predicted molar refractivity (Wildman–Crippen MR) is 55.4 cm³/mol. The summed E-state index contributed by atoms with van der Waals surface area (Å²) in [6, 6.07) is 0.392. The zero-order chi connectivity index (χ0) is 11.0. The second-order valence-corrected chi connectivity index (χ2v) is 3.52. The highest BCUT2D eigenvalue weighted by Gasteiger charge is 2.08. The third kappa shape index (κ3) is 5.90. The van der Waals surface area contributed by atoms with Gasteiger partial charge in [-0.15, -0.1) is 0 Å². The number of carbonyl (C=O) groups is 1. The molecule has 14 heavy (non-hydrogen) atoms. The lowest BCUT2D eigenvalue weighted by Crippen LogP contribution is -2.35. The first kappa shape index (κ1) is 13.4. The van der Waals surface area contributed by atoms with E-state index in [2.05, 4.69) is 24.2 Å². The molecule has 0 unspecified atom stereocenters. The van der Waals surface area contributed by atoms with Crippen LogP contribution in [0.5, 0.6) is 0 Å². The Morgan fingerprint density at radius 1 is 1.50 bits per heavy atom. The third-order valence-corrected chi connectivity index (χ3v) is 2.13. The van der Waals surface area contributed by atoms with Gasteiger partial charge in [-0.2, -0.15) is 0 Å². The van der Waals surface area contributed by atoms with Gasteiger partial charge in [0.25, 0.3) is 0 Å². The summed E-state index contributed by atoms with van der Waals surface area (Å²) in [5, 5.41) is 8.80. The van der Waals surface area contributed by atoms with Crippen LogP contribution in [0.3, 0.4) is 0 Å². The number of rotatable bonds is 7. The molecule has 0 aliphatic carbocycles. The highest BCUT2D eigenvalue weighted by molar-refractivity contribution is 5.75. The number of aliphatic hydroxyl groups excluding tert-OH is 1. The van der Waals surface area contributed by atoms with E-state index in [1.165, 1.54) is 0 Å². The van der Waals surface area contributed by atoms with E-state index in [0.717, 1.165) is 13.0 Å². The molecule has 0 heterocycles. The van der Waals surface area contributed by atoms with Crippen LogP contribution >= 0.6 is 0 Å². The zero-order valence-corrected chi connectivity index (χ0v) is 8.99. The van der Waals surface area contributed by atoms with E-state index >= 15 is 0 Å². The van der Waals surface area contributed by atoms with E-state index in [4.69, 9.17) is 10.9 Å². The minimum atomic E-state index is -0.141. The monoisotopic (exact) mass is 203 g/mol. The molecule has 0 fully saturated rings. The lowest BCUT2D eigenvalue weighted by Gasteiger charge is -2.25. The Bertz CT molecular complexity index is 162. The van der Waals surface area contributed by atoms with Gasteiger partial charge in [-0.25, -0.2) is 5.84 Å². The van der Waals surface area contributed by atoms with Crippen LogP contribution in [0.25, 0.3) is 0 Å². The van der Waals surface area contributed by atoms with E-state index < -0.39 is 0 Å². The fourth-order valence-corrected chi connectivity index (χ4v) is 1.27. The Labute approximate surface area is 85.2 Å². The highest BCUT2D eigenvalue weighted by Crippen LogP contribution is 2.00. The molecule has 5 heteroatoms. The van der Waals surface area contributed by atoms with Crippen LogP contribution in [0.1, 0.15) is 26.7 Å². The first-order valence-electron chi connectivity index (χ1n) is 4.96. The molecule has 1 amide bonds. The SMILES string of the molecule is CC(C)N(CCO)CCCC(=O)NN. The number of aliphatic hydroxyl groups is 1. The standard InChI is InChI=1S/C9H21N3O2/c1-8(2)12(6-7-13)5-3-4-9(14)11-10/h8,13H,3-7,10H2,1-2H3,(H,11,14). The molecule has 0 rings (SSSR count). The number of nitrogens with one attached hydrogen (secondary N) is 1. The second-order valence-electron chi connectivity index (χ2n) is 3.52. The van der Waals surface area contributed by atoms with Gasteiger partial charge in [-0.1, -0.05) is 0 Å². The Hall–Kier alpha value is -0.650. The molecule has 84 valence electrons. The third-order valence-electron chi connectivity index (χ3n) is 2.13. The number of hydrogen-bond donors (Lipinski definition) is 3. The van der Waals surface area contributed by atoms with Crippen molar-refractivity contribution in [3.05, 3.63) is 0 Å². The quantitative estimate of drug-likeness (QED) is 0.295. The van der Waals surface area contributed by atoms with E-state index in [1.54, 1.807) is 0 Å². The lowest BCUT2D eigenvalue weighted by atomic mass is 10.2. The number of hydrogen-bond acceptors (Lipinski definition) is 4. The molecule has 0 bridgehead atoms. The average molecular weight is 203 g/mol. The van der Waals surface area contributed by atoms with E-state index in [-0.39, 0.29) is 12.5 Å². The summed E-state index contributed by atoms with van der Waals surface area (Å²) in [6.45, 7) is 5.76. The molecule has 4 N–H and O–H groups in total. The number of nitrogens with two attached hydrogens (primary N) is 1. The Balaban J connectivity index is 3.65. The van der Waals surface area contributed by atoms with Crippen molar-refractivity contribution in [1.82, 2.24) is 10.3 Å². The Morgan fingerprint density at radius 2 is 2.14 bits per heavy atom. The van der Waals surface area contributed by atoms with E-state index in [9.17, 15) is 4.79 Å². The molecule has 0 saturated carbocycles. The normalized spacial score (nSPS) is 11.0. The summed E-state index contributed by atoms with van der Waals surface area (Å²) in [6.07, 6.45) is 1.20. The summed E-state index contributed by atoms with van der Waals surface area (Å²) in [5.74, 6) is 4.81. The molecule has 0 saturated heterocycles. The maximum atomic E-state index is 10.8. The fraction of sp³-hybridized carbons (Fsp3) is 0.889. The van der Waals surface area contributed by atoms with Crippen molar-refractivity contribution >= 4 is 5.91 Å². The van der Waals surface area contributed by atoms with Crippen molar-refractivity contribution in [3.8, 4) is 0 Å². The zero-order valence-electron chi connectivity index (χ0n) is 8.99. The molecule has 0 atom stereocenters. The van der Waals surface area contributed by atoms with Crippen molar-refractivity contribution in [2.24, 2.45) is 5.84 Å². The summed E-state index contributed by atoms with van der Waals surface area (Å²) in [7, 11) is 0. The Kier molecular flexibility index (Phi) is 7.37. The minimum absolute atomic E-state index is 0.141. The molecule has 0 aromatic carbocycles. The fourth-order valence-electron chi connectivity index (χ4n) is 1.27. The Morgan fingerprint density at radius 3 is 2.57 bits per heavy atom. The maximum Gasteiger partial charge on any atom is 0.233 e. The van der Waals surface area contributed by atoms with Gasteiger partial charge >= 0.3 is 0 Å². The van der Waals surface area contributed by atoms with Gasteiger partial charge in [0.15, 0.2) is 0 Å². The van der Waals surface area contributed by atoms with Crippen LogP contribution in [0.15, 0.2) is 0 Å². The topological polar surface area (TPSA) is 78.6 Å². The predicted octanol–water partition coefficient (Wildman–Crippen LogP) is -0.541. The lowest BCUT2D eigenvalue weighted by molar-refractivity contribution is -0.121. The number of carbonyl (C=O) groups excluding carboxylic acids is 1. The van der Waals surface area contributed by atoms with Gasteiger partial charge in [0.05, 0.1) is 6.61 Å². The van der Waals surface area contributed by atoms with Crippen molar-refractivity contribution in [2.75, 3.05) is 19.7 Å². The summed E-state index contributed by atoms with van der Waals surface area (Å²) < 4.78 is 0. The largest absolute Gasteiger partial charge is 0.395 e. The molecule has 0 aliphatic rings. The average Bonchev–Trinajstić information content (AvgIpc) is 2.16. The molecule has 5 nitrogen and oxygen atoms in total. The van der Waals surface area contributed by atoms with Gasteiger partial charge in [-0.3, -0.25) is 15.1 Å². The van der Waals surface area contributed by atoms with Crippen molar-refractivity contribution < 1.29 is 9.90 Å². The molecule has 0 aliphatic heterocycles. The van der Waals surface area contributed by atoms with Crippen LogP contribution in [-0.4, -0.2) is 41.7 Å². The van der Waals surface area contributed by atoms with Crippen LogP contribution in [0.2, 0.25) is 0 Å². The molecule has 0 aromatic heterocycles. The van der Waals surface area contributed by atoms with E-state index in [1.807, 2.05) is 0 Å². The molecule has 0 aromatic rings. The summed E-state index contributed by atoms with van der Waals surface area (Å²) in [5.41, 5.74) is 2.09. The van der Waals surface area contributed by atoms with Gasteiger partial charge in [0.2, 0.25) is 5.91 Å². The van der Waals surface area contributed by atoms with Crippen LogP contribution in [-0.2, 0) is 4.79 Å². The molecule has 0 spiro atoms. The first-order chi connectivity index (χ1) is 6.61. The number of amides is 1. The first-order valence-corrected chi connectivity index (χ1v) is 4.96. The van der Waals surface area contributed by atoms with Crippen molar-refractivity contribution in [3.63, 3.8) is 0 Å². The van der Waals surface area contributed by atoms with Gasteiger partial charge < -0.3 is 5.11 Å². The van der Waals surface area contributed by atoms with Gasteiger partial charge in [-0.05, 0) is 26.8 Å². The maximum absolute atomic E-state index is 10.8. The second kappa shape index (κ2) is 7.73. The highest BCUT2D eigenvalue weighted by atomic mass is 16.3. The van der Waals surface area contributed by atoms with Crippen LogP contribution in [0.4, 0.5) is 0 Å². The van der Waals surface area contributed by atoms with Crippen LogP contribution in [0, 0.1) is 0 Å². The molecular weight excluding hydrogens is 182 g/mol. The summed E-state index contributed by atoms with van der Waals surface area (Å²) in [4.78, 5) is 12.9. The van der Waals surface area contributed by atoms with Gasteiger partial charge in [0, 0.05) is 19.0 Å². The molecular formula is C9H21N3O2. The number of nitrogens with zero attached hydrogens (tertiary/aromatic N) is 1. The smallest absolute Gasteiger partial charge is 0.233 e. The van der Waals surface area contributed by atoms with Crippen LogP contribution < -0.4 is 11.3 Å².